The molecule has 1 aromatic heterocycles. The molecule has 8 heteroatoms. The van der Waals surface area contributed by atoms with E-state index in [9.17, 15) is 14.9 Å². The molecular formula is C14H15ClN4O3. The Morgan fingerprint density at radius 3 is 2.68 bits per heavy atom. The Morgan fingerprint density at radius 1 is 1.41 bits per heavy atom. The fraction of sp³-hybridized carbons (Fsp3) is 0.286. The van der Waals surface area contributed by atoms with E-state index < -0.39 is 11.0 Å². The second kappa shape index (κ2) is 6.15. The third kappa shape index (κ3) is 3.25. The summed E-state index contributed by atoms with van der Waals surface area (Å²) in [4.78, 5) is 22.5. The second-order valence-corrected chi connectivity index (χ2v) is 5.41. The second-order valence-electron chi connectivity index (χ2n) is 4.97. The summed E-state index contributed by atoms with van der Waals surface area (Å²) < 4.78 is 1.33. The van der Waals surface area contributed by atoms with Crippen LogP contribution in [0, 0.1) is 24.0 Å². The summed E-state index contributed by atoms with van der Waals surface area (Å²) in [6, 6.07) is 5.82. The van der Waals surface area contributed by atoms with Crippen molar-refractivity contribution in [1.29, 1.82) is 0 Å². The summed E-state index contributed by atoms with van der Waals surface area (Å²) in [5.74, 6) is -0.609. The molecule has 7 nitrogen and oxygen atoms in total. The van der Waals surface area contributed by atoms with E-state index in [1.807, 2.05) is 6.92 Å². The van der Waals surface area contributed by atoms with Gasteiger partial charge in [0.1, 0.15) is 6.04 Å². The molecule has 116 valence electrons. The van der Waals surface area contributed by atoms with Crippen molar-refractivity contribution in [2.75, 3.05) is 5.32 Å². The van der Waals surface area contributed by atoms with Crippen molar-refractivity contribution >= 4 is 29.0 Å². The van der Waals surface area contributed by atoms with Gasteiger partial charge in [0, 0.05) is 10.7 Å². The van der Waals surface area contributed by atoms with Gasteiger partial charge < -0.3 is 15.4 Å². The van der Waals surface area contributed by atoms with Gasteiger partial charge in [0.2, 0.25) is 0 Å². The minimum atomic E-state index is -0.688. The first-order valence-electron chi connectivity index (χ1n) is 6.57. The van der Waals surface area contributed by atoms with E-state index in [2.05, 4.69) is 10.4 Å². The lowest BCUT2D eigenvalue weighted by molar-refractivity contribution is -0.389. The van der Waals surface area contributed by atoms with Gasteiger partial charge in [-0.05, 0) is 43.4 Å². The molecule has 0 aliphatic carbocycles. The van der Waals surface area contributed by atoms with E-state index in [0.29, 0.717) is 16.4 Å². The Bertz CT molecular complexity index is 742. The van der Waals surface area contributed by atoms with E-state index in [1.54, 1.807) is 32.0 Å². The van der Waals surface area contributed by atoms with E-state index in [4.69, 9.17) is 11.6 Å². The molecule has 1 unspecified atom stereocenters. The molecule has 0 saturated heterocycles. The SMILES string of the molecule is Cc1ccc(Cl)cc1NC(=O)C(C)n1nc([N+](=O)[O-])cc1C. The first-order valence-corrected chi connectivity index (χ1v) is 6.95. The van der Waals surface area contributed by atoms with Crippen LogP contribution in [0.5, 0.6) is 0 Å². The molecule has 0 aliphatic rings. The predicted octanol–water partition coefficient (Wildman–Crippen LogP) is 3.26. The van der Waals surface area contributed by atoms with E-state index in [-0.39, 0.29) is 11.7 Å². The van der Waals surface area contributed by atoms with Crippen LogP contribution in [0.25, 0.3) is 0 Å². The van der Waals surface area contributed by atoms with Crippen molar-refractivity contribution < 1.29 is 9.72 Å². The van der Waals surface area contributed by atoms with Crippen molar-refractivity contribution in [2.45, 2.75) is 26.8 Å². The van der Waals surface area contributed by atoms with Crippen molar-refractivity contribution in [3.05, 3.63) is 50.7 Å². The lowest BCUT2D eigenvalue weighted by Crippen LogP contribution is -2.25. The minimum absolute atomic E-state index is 0.281. The number of nitrogens with zero attached hydrogens (tertiary/aromatic N) is 3. The molecule has 1 aromatic carbocycles. The van der Waals surface area contributed by atoms with Gasteiger partial charge in [-0.3, -0.25) is 4.79 Å². The van der Waals surface area contributed by atoms with Crippen LogP contribution in [0.3, 0.4) is 0 Å². The zero-order valence-corrected chi connectivity index (χ0v) is 13.1. The Morgan fingerprint density at radius 2 is 2.09 bits per heavy atom. The number of nitrogens with one attached hydrogen (secondary N) is 1. The number of benzene rings is 1. The van der Waals surface area contributed by atoms with Crippen molar-refractivity contribution in [2.24, 2.45) is 0 Å². The van der Waals surface area contributed by atoms with Crippen molar-refractivity contribution in [3.8, 4) is 0 Å². The number of amides is 1. The van der Waals surface area contributed by atoms with Gasteiger partial charge in [0.05, 0.1) is 16.9 Å². The first-order chi connectivity index (χ1) is 10.3. The van der Waals surface area contributed by atoms with Gasteiger partial charge in [-0.1, -0.05) is 17.7 Å². The summed E-state index contributed by atoms with van der Waals surface area (Å²) in [7, 11) is 0. The zero-order valence-electron chi connectivity index (χ0n) is 12.3. The Labute approximate surface area is 132 Å². The number of halogens is 1. The van der Waals surface area contributed by atoms with Crippen LogP contribution in [-0.2, 0) is 4.79 Å². The zero-order chi connectivity index (χ0) is 16.4. The quantitative estimate of drug-likeness (QED) is 0.691. The molecule has 0 aliphatic heterocycles. The molecule has 0 radical (unpaired) electrons. The Kier molecular flexibility index (Phi) is 4.46. The number of carbonyl (C=O) groups is 1. The van der Waals surface area contributed by atoms with Gasteiger partial charge in [-0.25, -0.2) is 0 Å². The number of aryl methyl sites for hydroxylation is 2. The predicted molar refractivity (Wildman–Crippen MR) is 83.1 cm³/mol. The van der Waals surface area contributed by atoms with Gasteiger partial charge >= 0.3 is 5.82 Å². The number of anilines is 1. The number of hydrogen-bond acceptors (Lipinski definition) is 4. The standard InChI is InChI=1S/C14H15ClN4O3/c1-8-4-5-11(15)7-12(8)16-14(20)10(3)18-9(2)6-13(17-18)19(21)22/h4-7,10H,1-3H3,(H,16,20). The maximum absolute atomic E-state index is 12.3. The molecule has 0 bridgehead atoms. The number of hydrogen-bond donors (Lipinski definition) is 1. The smallest absolute Gasteiger partial charge is 0.358 e. The van der Waals surface area contributed by atoms with Crippen LogP contribution >= 0.6 is 11.6 Å². The van der Waals surface area contributed by atoms with Crippen LogP contribution in [0.1, 0.15) is 24.2 Å². The van der Waals surface area contributed by atoms with Crippen molar-refractivity contribution in [1.82, 2.24) is 9.78 Å². The maximum Gasteiger partial charge on any atom is 0.390 e. The van der Waals surface area contributed by atoms with Crippen LogP contribution < -0.4 is 5.32 Å². The van der Waals surface area contributed by atoms with Crippen molar-refractivity contribution in [3.63, 3.8) is 0 Å². The average molecular weight is 323 g/mol. The van der Waals surface area contributed by atoms with Crippen LogP contribution in [0.15, 0.2) is 24.3 Å². The minimum Gasteiger partial charge on any atom is -0.358 e. The summed E-state index contributed by atoms with van der Waals surface area (Å²) in [5.41, 5.74) is 2.01. The molecule has 1 amide bonds. The monoisotopic (exact) mass is 322 g/mol. The van der Waals surface area contributed by atoms with Crippen LogP contribution in [0.4, 0.5) is 11.5 Å². The summed E-state index contributed by atoms with van der Waals surface area (Å²) >= 11 is 5.92. The average Bonchev–Trinajstić information content (AvgIpc) is 2.84. The molecule has 0 spiro atoms. The summed E-state index contributed by atoms with van der Waals surface area (Å²) in [5, 5.41) is 17.9. The number of nitro groups is 1. The fourth-order valence-electron chi connectivity index (χ4n) is 2.03. The largest absolute Gasteiger partial charge is 0.390 e. The van der Waals surface area contributed by atoms with Gasteiger partial charge in [-0.15, -0.1) is 0 Å². The molecule has 1 atom stereocenters. The van der Waals surface area contributed by atoms with Gasteiger partial charge in [0.15, 0.2) is 0 Å². The maximum atomic E-state index is 12.3. The lowest BCUT2D eigenvalue weighted by Gasteiger charge is -2.13. The summed E-state index contributed by atoms with van der Waals surface area (Å²) in [6.07, 6.45) is 0. The normalized spacial score (nSPS) is 12.0. The summed E-state index contributed by atoms with van der Waals surface area (Å²) in [6.45, 7) is 5.13. The third-order valence-electron chi connectivity index (χ3n) is 3.30. The number of carbonyl (C=O) groups excluding carboxylic acids is 1. The van der Waals surface area contributed by atoms with E-state index in [1.165, 1.54) is 10.7 Å². The molecule has 0 saturated carbocycles. The van der Waals surface area contributed by atoms with E-state index in [0.717, 1.165) is 5.56 Å². The topological polar surface area (TPSA) is 90.1 Å². The highest BCUT2D eigenvalue weighted by Gasteiger charge is 2.24. The third-order valence-corrected chi connectivity index (χ3v) is 3.54. The first kappa shape index (κ1) is 16.0. The molecule has 1 N–H and O–H groups in total. The Hall–Kier alpha value is -2.41. The molecule has 22 heavy (non-hydrogen) atoms. The molecule has 1 heterocycles. The highest BCUT2D eigenvalue weighted by Crippen LogP contribution is 2.22. The van der Waals surface area contributed by atoms with Crippen LogP contribution in [0.2, 0.25) is 5.02 Å². The fourth-order valence-corrected chi connectivity index (χ4v) is 2.20. The lowest BCUT2D eigenvalue weighted by atomic mass is 10.2. The number of rotatable bonds is 4. The van der Waals surface area contributed by atoms with E-state index >= 15 is 0 Å². The molecular weight excluding hydrogens is 308 g/mol. The van der Waals surface area contributed by atoms with Crippen LogP contribution in [-0.4, -0.2) is 20.6 Å². The molecule has 2 rings (SSSR count). The Balaban J connectivity index is 2.22. The molecule has 2 aromatic rings. The number of aromatic nitrogens is 2. The molecule has 0 fully saturated rings. The van der Waals surface area contributed by atoms with Gasteiger partial charge in [-0.2, -0.15) is 4.68 Å². The highest BCUT2D eigenvalue weighted by atomic mass is 35.5. The highest BCUT2D eigenvalue weighted by molar-refractivity contribution is 6.31. The van der Waals surface area contributed by atoms with Gasteiger partial charge in [0.25, 0.3) is 5.91 Å².